The van der Waals surface area contributed by atoms with Crippen LogP contribution in [0, 0.1) is 19.8 Å². The number of methoxy groups -OCH3 is 1. The second-order valence-corrected chi connectivity index (χ2v) is 4.98. The molecule has 0 amide bonds. The van der Waals surface area contributed by atoms with Crippen LogP contribution in [-0.2, 0) is 4.74 Å². The summed E-state index contributed by atoms with van der Waals surface area (Å²) < 4.78 is 5.55. The first kappa shape index (κ1) is 11.6. The number of benzene rings is 1. The van der Waals surface area contributed by atoms with Crippen molar-refractivity contribution in [3.05, 3.63) is 34.9 Å². The van der Waals surface area contributed by atoms with Crippen molar-refractivity contribution in [1.82, 2.24) is 0 Å². The molecule has 2 nitrogen and oxygen atoms in total. The van der Waals surface area contributed by atoms with E-state index in [1.54, 1.807) is 7.11 Å². The van der Waals surface area contributed by atoms with Gasteiger partial charge >= 0.3 is 0 Å². The first-order chi connectivity index (χ1) is 7.61. The van der Waals surface area contributed by atoms with Gasteiger partial charge in [-0.05, 0) is 38.2 Å². The molecule has 0 bridgehead atoms. The van der Waals surface area contributed by atoms with Gasteiger partial charge in [-0.1, -0.05) is 29.3 Å². The van der Waals surface area contributed by atoms with Crippen molar-refractivity contribution in [3.8, 4) is 0 Å². The van der Waals surface area contributed by atoms with Gasteiger partial charge in [0, 0.05) is 7.11 Å². The number of nitrogens with two attached hydrogens (primary N) is 1. The van der Waals surface area contributed by atoms with Crippen molar-refractivity contribution in [2.24, 2.45) is 11.7 Å². The molecule has 2 atom stereocenters. The zero-order chi connectivity index (χ0) is 11.7. The van der Waals surface area contributed by atoms with Crippen molar-refractivity contribution < 1.29 is 4.74 Å². The van der Waals surface area contributed by atoms with Crippen LogP contribution in [0.1, 0.15) is 35.6 Å². The molecule has 88 valence electrons. The fourth-order valence-electron chi connectivity index (χ4n) is 2.45. The van der Waals surface area contributed by atoms with Gasteiger partial charge in [-0.15, -0.1) is 0 Å². The third kappa shape index (κ3) is 2.45. The zero-order valence-corrected chi connectivity index (χ0v) is 10.4. The molecule has 2 heteroatoms. The topological polar surface area (TPSA) is 35.2 Å². The summed E-state index contributed by atoms with van der Waals surface area (Å²) >= 11 is 0. The van der Waals surface area contributed by atoms with Gasteiger partial charge in [-0.25, -0.2) is 0 Å². The van der Waals surface area contributed by atoms with Crippen LogP contribution in [0.3, 0.4) is 0 Å². The van der Waals surface area contributed by atoms with Crippen molar-refractivity contribution >= 4 is 0 Å². The molecule has 0 aliphatic heterocycles. The zero-order valence-electron chi connectivity index (χ0n) is 10.4. The van der Waals surface area contributed by atoms with Crippen LogP contribution in [0.25, 0.3) is 0 Å². The van der Waals surface area contributed by atoms with E-state index in [1.165, 1.54) is 29.5 Å². The van der Waals surface area contributed by atoms with Gasteiger partial charge in [-0.3, -0.25) is 0 Å². The SMILES string of the molecule is COC(C1CC1)C(N)c1cc(C)cc(C)c1. The Morgan fingerprint density at radius 1 is 1.19 bits per heavy atom. The number of aryl methyl sites for hydroxylation is 2. The molecule has 0 heterocycles. The highest BCUT2D eigenvalue weighted by atomic mass is 16.5. The molecule has 1 aliphatic rings. The van der Waals surface area contributed by atoms with Crippen LogP contribution in [0.4, 0.5) is 0 Å². The first-order valence-corrected chi connectivity index (χ1v) is 5.98. The Balaban J connectivity index is 2.21. The molecule has 2 N–H and O–H groups in total. The third-order valence-electron chi connectivity index (χ3n) is 3.34. The summed E-state index contributed by atoms with van der Waals surface area (Å²) in [5.74, 6) is 0.667. The van der Waals surface area contributed by atoms with Crippen LogP contribution < -0.4 is 5.73 Å². The highest BCUT2D eigenvalue weighted by Gasteiger charge is 2.35. The predicted molar refractivity (Wildman–Crippen MR) is 66.4 cm³/mol. The average Bonchev–Trinajstić information content (AvgIpc) is 3.01. The molecule has 0 aromatic heterocycles. The summed E-state index contributed by atoms with van der Waals surface area (Å²) in [4.78, 5) is 0. The van der Waals surface area contributed by atoms with Gasteiger partial charge in [0.1, 0.15) is 0 Å². The largest absolute Gasteiger partial charge is 0.379 e. The van der Waals surface area contributed by atoms with Gasteiger partial charge < -0.3 is 10.5 Å². The van der Waals surface area contributed by atoms with Crippen LogP contribution in [0.15, 0.2) is 18.2 Å². The number of ether oxygens (including phenoxy) is 1. The Bertz CT molecular complexity index is 351. The van der Waals surface area contributed by atoms with E-state index < -0.39 is 0 Å². The second kappa shape index (κ2) is 4.56. The van der Waals surface area contributed by atoms with E-state index in [2.05, 4.69) is 32.0 Å². The summed E-state index contributed by atoms with van der Waals surface area (Å²) in [5, 5.41) is 0. The average molecular weight is 219 g/mol. The molecule has 1 fully saturated rings. The van der Waals surface area contributed by atoms with Gasteiger partial charge in [0.15, 0.2) is 0 Å². The Hall–Kier alpha value is -0.860. The molecule has 1 aliphatic carbocycles. The van der Waals surface area contributed by atoms with E-state index >= 15 is 0 Å². The van der Waals surface area contributed by atoms with E-state index in [9.17, 15) is 0 Å². The third-order valence-corrected chi connectivity index (χ3v) is 3.34. The Morgan fingerprint density at radius 2 is 1.75 bits per heavy atom. The summed E-state index contributed by atoms with van der Waals surface area (Å²) in [7, 11) is 1.77. The minimum absolute atomic E-state index is 0.0103. The molecule has 2 rings (SSSR count). The maximum absolute atomic E-state index is 6.30. The lowest BCUT2D eigenvalue weighted by Crippen LogP contribution is -2.30. The van der Waals surface area contributed by atoms with Crippen molar-refractivity contribution in [2.45, 2.75) is 38.8 Å². The number of rotatable bonds is 4. The lowest BCUT2D eigenvalue weighted by molar-refractivity contribution is 0.0624. The van der Waals surface area contributed by atoms with Gasteiger partial charge in [0.25, 0.3) is 0 Å². The van der Waals surface area contributed by atoms with Crippen LogP contribution in [-0.4, -0.2) is 13.2 Å². The molecule has 0 saturated heterocycles. The van der Waals surface area contributed by atoms with Gasteiger partial charge in [0.05, 0.1) is 12.1 Å². The molecule has 16 heavy (non-hydrogen) atoms. The van der Waals surface area contributed by atoms with Crippen molar-refractivity contribution in [3.63, 3.8) is 0 Å². The summed E-state index contributed by atoms with van der Waals surface area (Å²) in [6.45, 7) is 4.23. The Labute approximate surface area is 97.8 Å². The predicted octanol–water partition coefficient (Wildman–Crippen LogP) is 2.73. The van der Waals surface area contributed by atoms with E-state index in [-0.39, 0.29) is 12.1 Å². The van der Waals surface area contributed by atoms with E-state index in [0.717, 1.165) is 0 Å². The fraction of sp³-hybridized carbons (Fsp3) is 0.571. The highest BCUT2D eigenvalue weighted by Crippen LogP contribution is 2.39. The van der Waals surface area contributed by atoms with E-state index in [1.807, 2.05) is 0 Å². The fourth-order valence-corrected chi connectivity index (χ4v) is 2.45. The van der Waals surface area contributed by atoms with Crippen molar-refractivity contribution in [1.29, 1.82) is 0 Å². The smallest absolute Gasteiger partial charge is 0.0791 e. The Morgan fingerprint density at radius 3 is 2.19 bits per heavy atom. The summed E-state index contributed by atoms with van der Waals surface area (Å²) in [5.41, 5.74) is 10.1. The maximum atomic E-state index is 6.30. The quantitative estimate of drug-likeness (QED) is 0.845. The van der Waals surface area contributed by atoms with Gasteiger partial charge in [-0.2, -0.15) is 0 Å². The number of hydrogen-bond acceptors (Lipinski definition) is 2. The standard InChI is InChI=1S/C14H21NO/c1-9-6-10(2)8-12(7-9)13(15)14(16-3)11-4-5-11/h6-8,11,13-14H,4-5,15H2,1-3H3. The molecule has 1 aromatic rings. The minimum atomic E-state index is 0.0103. The normalized spacial score (nSPS) is 19.5. The van der Waals surface area contributed by atoms with Crippen LogP contribution >= 0.6 is 0 Å². The molecule has 2 unspecified atom stereocenters. The molecule has 1 saturated carbocycles. The van der Waals surface area contributed by atoms with Crippen LogP contribution in [0.5, 0.6) is 0 Å². The summed E-state index contributed by atoms with van der Waals surface area (Å²) in [6.07, 6.45) is 2.70. The Kier molecular flexibility index (Phi) is 3.31. The second-order valence-electron chi connectivity index (χ2n) is 4.98. The van der Waals surface area contributed by atoms with Crippen LogP contribution in [0.2, 0.25) is 0 Å². The molecular formula is C14H21NO. The first-order valence-electron chi connectivity index (χ1n) is 5.98. The van der Waals surface area contributed by atoms with Crippen molar-refractivity contribution in [2.75, 3.05) is 7.11 Å². The molecular weight excluding hydrogens is 198 g/mol. The summed E-state index contributed by atoms with van der Waals surface area (Å²) in [6, 6.07) is 6.53. The molecule has 1 aromatic carbocycles. The minimum Gasteiger partial charge on any atom is -0.379 e. The van der Waals surface area contributed by atoms with Gasteiger partial charge in [0.2, 0.25) is 0 Å². The van der Waals surface area contributed by atoms with E-state index in [4.69, 9.17) is 10.5 Å². The maximum Gasteiger partial charge on any atom is 0.0791 e. The number of hydrogen-bond donors (Lipinski definition) is 1. The molecule has 0 spiro atoms. The monoisotopic (exact) mass is 219 g/mol. The molecule has 0 radical (unpaired) electrons. The van der Waals surface area contributed by atoms with E-state index in [0.29, 0.717) is 5.92 Å². The highest BCUT2D eigenvalue weighted by molar-refractivity contribution is 5.31. The lowest BCUT2D eigenvalue weighted by atomic mass is 9.96. The lowest BCUT2D eigenvalue weighted by Gasteiger charge is -2.23.